The van der Waals surface area contributed by atoms with E-state index in [1.807, 2.05) is 38.1 Å². The summed E-state index contributed by atoms with van der Waals surface area (Å²) in [4.78, 5) is 50.8. The number of nitrogens with zero attached hydrogens (tertiary/aromatic N) is 4. The van der Waals surface area contributed by atoms with Crippen molar-refractivity contribution in [3.8, 4) is 35.4 Å². The molecule has 10 heteroatoms. The number of carbonyl (C=O) groups is 4. The van der Waals surface area contributed by atoms with Crippen LogP contribution < -0.4 is 9.47 Å². The zero-order valence-corrected chi connectivity index (χ0v) is 22.8. The van der Waals surface area contributed by atoms with E-state index in [9.17, 15) is 19.2 Å². The van der Waals surface area contributed by atoms with Crippen LogP contribution in [0.1, 0.15) is 66.4 Å². The van der Waals surface area contributed by atoms with Gasteiger partial charge in [0.1, 0.15) is 23.0 Å². The summed E-state index contributed by atoms with van der Waals surface area (Å²) >= 11 is 0. The molecule has 43 heavy (non-hydrogen) atoms. The second-order valence-corrected chi connectivity index (χ2v) is 10.3. The van der Waals surface area contributed by atoms with E-state index in [0.717, 1.165) is 11.1 Å². The Labute approximate surface area is 245 Å². The van der Waals surface area contributed by atoms with E-state index in [0.29, 0.717) is 21.3 Å². The van der Waals surface area contributed by atoms with Crippen molar-refractivity contribution in [3.63, 3.8) is 0 Å². The van der Waals surface area contributed by atoms with Crippen molar-refractivity contribution in [3.05, 3.63) is 118 Å². The van der Waals surface area contributed by atoms with E-state index < -0.39 is 29.0 Å². The number of hydrogen-bond acceptors (Lipinski definition) is 8. The minimum Gasteiger partial charge on any atom is -0.457 e. The highest BCUT2D eigenvalue weighted by atomic mass is 16.5. The van der Waals surface area contributed by atoms with Crippen LogP contribution in [0.4, 0.5) is 0 Å². The number of hydrogen-bond donors (Lipinski definition) is 0. The van der Waals surface area contributed by atoms with Gasteiger partial charge >= 0.3 is 0 Å². The molecule has 2 aliphatic rings. The third-order valence-electron chi connectivity index (χ3n) is 7.56. The zero-order chi connectivity index (χ0) is 30.5. The molecule has 2 aliphatic heterocycles. The molecule has 4 amide bonds. The van der Waals surface area contributed by atoms with Gasteiger partial charge in [-0.1, -0.05) is 50.2 Å². The van der Waals surface area contributed by atoms with Crippen LogP contribution in [0.25, 0.3) is 0 Å². The number of fused-ring (bicyclic) bond motifs is 2. The SMILES string of the molecule is CC(C)(c1ccc(Oc2cccc3c2C(=O)N(C#N)C3=O)cc1)c1ccc(Oc2cccc3c2C(=O)N(C#N)C3=O)cc1. The first kappa shape index (κ1) is 26.9. The van der Waals surface area contributed by atoms with Gasteiger partial charge in [0.05, 0.1) is 22.3 Å². The Morgan fingerprint density at radius 1 is 0.558 bits per heavy atom. The van der Waals surface area contributed by atoms with E-state index >= 15 is 0 Å². The Morgan fingerprint density at radius 3 is 1.28 bits per heavy atom. The zero-order valence-electron chi connectivity index (χ0n) is 22.8. The summed E-state index contributed by atoms with van der Waals surface area (Å²) < 4.78 is 11.9. The molecule has 4 aromatic carbocycles. The summed E-state index contributed by atoms with van der Waals surface area (Å²) in [5, 5.41) is 18.3. The first-order valence-electron chi connectivity index (χ1n) is 13.1. The van der Waals surface area contributed by atoms with Gasteiger partial charge in [-0.25, -0.2) is 0 Å². The fourth-order valence-corrected chi connectivity index (χ4v) is 5.16. The average Bonchev–Trinajstić information content (AvgIpc) is 3.42. The maximum absolute atomic E-state index is 12.6. The molecule has 0 aliphatic carbocycles. The quantitative estimate of drug-likeness (QED) is 0.211. The molecule has 4 aromatic rings. The maximum Gasteiger partial charge on any atom is 0.278 e. The third kappa shape index (κ3) is 4.26. The van der Waals surface area contributed by atoms with Crippen molar-refractivity contribution >= 4 is 23.6 Å². The van der Waals surface area contributed by atoms with Gasteiger partial charge in [-0.05, 0) is 59.7 Å². The highest BCUT2D eigenvalue weighted by Gasteiger charge is 2.40. The second kappa shape index (κ2) is 9.98. The van der Waals surface area contributed by atoms with Gasteiger partial charge in [-0.15, -0.1) is 0 Å². The number of imide groups is 2. The maximum atomic E-state index is 12.6. The van der Waals surface area contributed by atoms with Crippen LogP contribution in [0.5, 0.6) is 23.0 Å². The summed E-state index contributed by atoms with van der Waals surface area (Å²) in [6.45, 7) is 4.10. The molecular weight excluding hydrogens is 548 g/mol. The topological polar surface area (TPSA) is 141 Å². The van der Waals surface area contributed by atoms with Crippen molar-refractivity contribution < 1.29 is 28.7 Å². The molecular formula is C33H20N4O6. The summed E-state index contributed by atoms with van der Waals surface area (Å²) in [6, 6.07) is 23.9. The summed E-state index contributed by atoms with van der Waals surface area (Å²) in [5.74, 6) is -1.52. The average molecular weight is 569 g/mol. The van der Waals surface area contributed by atoms with Gasteiger partial charge < -0.3 is 9.47 Å². The third-order valence-corrected chi connectivity index (χ3v) is 7.56. The Bertz CT molecular complexity index is 1810. The first-order chi connectivity index (χ1) is 20.6. The van der Waals surface area contributed by atoms with Crippen molar-refractivity contribution in [1.29, 1.82) is 10.5 Å². The van der Waals surface area contributed by atoms with Gasteiger partial charge in [0.15, 0.2) is 12.4 Å². The van der Waals surface area contributed by atoms with Crippen LogP contribution in [0.3, 0.4) is 0 Å². The first-order valence-corrected chi connectivity index (χ1v) is 13.1. The van der Waals surface area contributed by atoms with Gasteiger partial charge in [0.25, 0.3) is 23.6 Å². The highest BCUT2D eigenvalue weighted by Crippen LogP contribution is 2.38. The molecule has 0 N–H and O–H groups in total. The number of benzene rings is 4. The van der Waals surface area contributed by atoms with Crippen LogP contribution in [0.15, 0.2) is 84.9 Å². The summed E-state index contributed by atoms with van der Waals surface area (Å²) in [5.41, 5.74) is 1.85. The summed E-state index contributed by atoms with van der Waals surface area (Å²) in [7, 11) is 0. The van der Waals surface area contributed by atoms with E-state index in [2.05, 4.69) is 0 Å². The van der Waals surface area contributed by atoms with E-state index in [4.69, 9.17) is 20.0 Å². The molecule has 0 saturated heterocycles. The fraction of sp³-hybridized carbons (Fsp3) is 0.0909. The molecule has 2 heterocycles. The minimum absolute atomic E-state index is 0.0552. The largest absolute Gasteiger partial charge is 0.457 e. The molecule has 0 aromatic heterocycles. The van der Waals surface area contributed by atoms with E-state index in [1.54, 1.807) is 60.9 Å². The van der Waals surface area contributed by atoms with Crippen LogP contribution in [0, 0.1) is 22.9 Å². The van der Waals surface area contributed by atoms with Crippen LogP contribution >= 0.6 is 0 Å². The molecule has 0 atom stereocenters. The molecule has 0 spiro atoms. The smallest absolute Gasteiger partial charge is 0.278 e. The molecule has 0 unspecified atom stereocenters. The number of rotatable bonds is 6. The Kier molecular flexibility index (Phi) is 6.25. The number of carbonyl (C=O) groups excluding carboxylic acids is 4. The normalized spacial score (nSPS) is 13.9. The molecule has 0 saturated carbocycles. The molecule has 6 rings (SSSR count). The molecule has 208 valence electrons. The molecule has 10 nitrogen and oxygen atoms in total. The van der Waals surface area contributed by atoms with Crippen molar-refractivity contribution in [1.82, 2.24) is 9.80 Å². The van der Waals surface area contributed by atoms with Crippen molar-refractivity contribution in [2.45, 2.75) is 19.3 Å². The number of amides is 4. The van der Waals surface area contributed by atoms with Crippen LogP contribution in [-0.2, 0) is 5.41 Å². The van der Waals surface area contributed by atoms with Crippen molar-refractivity contribution in [2.75, 3.05) is 0 Å². The Balaban J connectivity index is 1.20. The lowest BCUT2D eigenvalue weighted by atomic mass is 9.78. The number of ether oxygens (including phenoxy) is 2. The van der Waals surface area contributed by atoms with Gasteiger partial charge in [-0.2, -0.15) is 20.3 Å². The summed E-state index contributed by atoms with van der Waals surface area (Å²) in [6.07, 6.45) is 3.21. The van der Waals surface area contributed by atoms with Gasteiger partial charge in [-0.3, -0.25) is 19.2 Å². The molecule has 0 radical (unpaired) electrons. The number of nitriles is 2. The van der Waals surface area contributed by atoms with Gasteiger partial charge in [0.2, 0.25) is 0 Å². The lowest BCUT2D eigenvalue weighted by Crippen LogP contribution is -2.23. The fourth-order valence-electron chi connectivity index (χ4n) is 5.16. The van der Waals surface area contributed by atoms with E-state index in [-0.39, 0.29) is 33.8 Å². The molecule has 0 bridgehead atoms. The van der Waals surface area contributed by atoms with Crippen LogP contribution in [0.2, 0.25) is 0 Å². The Morgan fingerprint density at radius 2 is 0.930 bits per heavy atom. The van der Waals surface area contributed by atoms with E-state index in [1.165, 1.54) is 12.1 Å². The Hall–Kier alpha value is -6.26. The predicted molar refractivity (Wildman–Crippen MR) is 150 cm³/mol. The lowest BCUT2D eigenvalue weighted by molar-refractivity contribution is 0.0715. The lowest BCUT2D eigenvalue weighted by Gasteiger charge is -2.26. The highest BCUT2D eigenvalue weighted by molar-refractivity contribution is 6.24. The predicted octanol–water partition coefficient (Wildman–Crippen LogP) is 5.75. The van der Waals surface area contributed by atoms with Crippen molar-refractivity contribution in [2.24, 2.45) is 0 Å². The second-order valence-electron chi connectivity index (χ2n) is 10.3. The minimum atomic E-state index is -0.718. The van der Waals surface area contributed by atoms with Gasteiger partial charge in [0, 0.05) is 5.41 Å². The monoisotopic (exact) mass is 568 g/mol. The van der Waals surface area contributed by atoms with Crippen LogP contribution in [-0.4, -0.2) is 33.4 Å². The molecule has 0 fully saturated rings. The standard InChI is InChI=1S/C33H20N4O6/c1-33(2,19-9-13-21(14-10-19)42-25-7-3-5-23-27(25)31(40)36(17-34)29(23)38)20-11-15-22(16-12-20)43-26-8-4-6-24-28(26)32(41)37(18-35)30(24)39/h3-16H,1-2H3.